The van der Waals surface area contributed by atoms with Gasteiger partial charge in [-0.15, -0.1) is 0 Å². The number of carbonyl (C=O) groups is 1. The monoisotopic (exact) mass is 518 g/mol. The molecule has 39 heavy (non-hydrogen) atoms. The summed E-state index contributed by atoms with van der Waals surface area (Å²) in [6, 6.07) is 38.0. The first-order chi connectivity index (χ1) is 19.2. The molecular weight excluding hydrogens is 480 g/mol. The number of nitrogens with one attached hydrogen (secondary N) is 1. The van der Waals surface area contributed by atoms with Crippen molar-refractivity contribution in [2.45, 2.75) is 38.6 Å². The lowest BCUT2D eigenvalue weighted by Gasteiger charge is -2.34. The second-order valence-electron chi connectivity index (χ2n) is 9.68. The standard InChI is InChI=1S/C35H38N2O2/c1-3-4-8-18-29(25-28-16-9-5-10-17-28)27-37(35(38)36-32-23-15-24-33(26-32)39-2)34(30-19-11-6-12-20-30)31-21-13-7-14-22-31/h5-7,9-17,19-26,34H,3-4,8,18,27H2,1-2H3,(H,36,38)/b29-25+. The van der Waals surface area contributed by atoms with Gasteiger partial charge in [0.2, 0.25) is 0 Å². The number of nitrogens with zero attached hydrogens (tertiary/aromatic N) is 1. The van der Waals surface area contributed by atoms with Gasteiger partial charge in [0.15, 0.2) is 0 Å². The van der Waals surface area contributed by atoms with Crippen molar-refractivity contribution in [3.05, 3.63) is 138 Å². The van der Waals surface area contributed by atoms with E-state index < -0.39 is 0 Å². The number of hydrogen-bond acceptors (Lipinski definition) is 2. The molecule has 0 saturated heterocycles. The van der Waals surface area contributed by atoms with Crippen molar-refractivity contribution in [3.63, 3.8) is 0 Å². The summed E-state index contributed by atoms with van der Waals surface area (Å²) in [5, 5.41) is 3.15. The lowest BCUT2D eigenvalue weighted by atomic mass is 9.95. The first-order valence-electron chi connectivity index (χ1n) is 13.7. The molecule has 0 atom stereocenters. The molecule has 0 bridgehead atoms. The zero-order valence-corrected chi connectivity index (χ0v) is 22.9. The summed E-state index contributed by atoms with van der Waals surface area (Å²) in [5.74, 6) is 0.700. The summed E-state index contributed by atoms with van der Waals surface area (Å²) in [5.41, 5.74) is 5.21. The third-order valence-corrected chi connectivity index (χ3v) is 6.77. The molecule has 200 valence electrons. The van der Waals surface area contributed by atoms with Gasteiger partial charge in [0.05, 0.1) is 13.2 Å². The van der Waals surface area contributed by atoms with Crippen molar-refractivity contribution in [2.24, 2.45) is 0 Å². The fourth-order valence-corrected chi connectivity index (χ4v) is 4.80. The van der Waals surface area contributed by atoms with E-state index in [2.05, 4.69) is 66.8 Å². The Kier molecular flexibility index (Phi) is 10.4. The second kappa shape index (κ2) is 14.6. The SMILES string of the molecule is CCCCC/C(=C\c1ccccc1)CN(C(=O)Nc1cccc(OC)c1)C(c1ccccc1)c1ccccc1. The Labute approximate surface area is 233 Å². The molecule has 4 aromatic carbocycles. The minimum absolute atomic E-state index is 0.157. The maximum Gasteiger partial charge on any atom is 0.322 e. The van der Waals surface area contributed by atoms with Gasteiger partial charge in [0.25, 0.3) is 0 Å². The molecule has 4 heteroatoms. The fraction of sp³-hybridized carbons (Fsp3) is 0.229. The van der Waals surface area contributed by atoms with Crippen LogP contribution in [0.15, 0.2) is 121 Å². The highest BCUT2D eigenvalue weighted by molar-refractivity contribution is 5.90. The predicted molar refractivity (Wildman–Crippen MR) is 162 cm³/mol. The predicted octanol–water partition coefficient (Wildman–Crippen LogP) is 8.98. The molecule has 4 aromatic rings. The van der Waals surface area contributed by atoms with Gasteiger partial charge in [-0.1, -0.05) is 128 Å². The van der Waals surface area contributed by atoms with Crippen LogP contribution in [0.5, 0.6) is 5.75 Å². The Hall–Kier alpha value is -4.31. The van der Waals surface area contributed by atoms with Gasteiger partial charge < -0.3 is 15.0 Å². The van der Waals surface area contributed by atoms with Gasteiger partial charge in [-0.2, -0.15) is 0 Å². The van der Waals surface area contributed by atoms with E-state index >= 15 is 0 Å². The summed E-state index contributed by atoms with van der Waals surface area (Å²) in [4.78, 5) is 16.1. The maximum atomic E-state index is 14.2. The molecule has 0 unspecified atom stereocenters. The quantitative estimate of drug-likeness (QED) is 0.190. The van der Waals surface area contributed by atoms with E-state index in [-0.39, 0.29) is 12.1 Å². The van der Waals surface area contributed by atoms with E-state index in [1.807, 2.05) is 71.6 Å². The molecule has 0 fully saturated rings. The third kappa shape index (κ3) is 8.08. The summed E-state index contributed by atoms with van der Waals surface area (Å²) < 4.78 is 5.39. The van der Waals surface area contributed by atoms with E-state index in [0.29, 0.717) is 18.0 Å². The normalized spacial score (nSPS) is 11.3. The Morgan fingerprint density at radius 2 is 1.44 bits per heavy atom. The van der Waals surface area contributed by atoms with E-state index in [9.17, 15) is 4.79 Å². The first kappa shape index (κ1) is 27.7. The summed E-state index contributed by atoms with van der Waals surface area (Å²) in [6.45, 7) is 2.72. The largest absolute Gasteiger partial charge is 0.497 e. The zero-order chi connectivity index (χ0) is 27.3. The van der Waals surface area contributed by atoms with Crippen LogP contribution in [0.1, 0.15) is 55.3 Å². The molecule has 0 aliphatic carbocycles. The zero-order valence-electron chi connectivity index (χ0n) is 22.9. The second-order valence-corrected chi connectivity index (χ2v) is 9.68. The smallest absolute Gasteiger partial charge is 0.322 e. The fourth-order valence-electron chi connectivity index (χ4n) is 4.80. The van der Waals surface area contributed by atoms with Crippen molar-refractivity contribution in [1.29, 1.82) is 0 Å². The topological polar surface area (TPSA) is 41.6 Å². The average molecular weight is 519 g/mol. The molecule has 1 N–H and O–H groups in total. The Morgan fingerprint density at radius 3 is 2.03 bits per heavy atom. The number of benzene rings is 4. The number of ether oxygens (including phenoxy) is 1. The van der Waals surface area contributed by atoms with Crippen molar-refractivity contribution in [1.82, 2.24) is 4.90 Å². The molecule has 0 aliphatic rings. The van der Waals surface area contributed by atoms with Gasteiger partial charge in [-0.3, -0.25) is 0 Å². The molecular formula is C35H38N2O2. The number of anilines is 1. The molecule has 4 nitrogen and oxygen atoms in total. The third-order valence-electron chi connectivity index (χ3n) is 6.77. The van der Waals surface area contributed by atoms with Gasteiger partial charge in [0.1, 0.15) is 5.75 Å². The molecule has 0 aromatic heterocycles. The molecule has 0 aliphatic heterocycles. The van der Waals surface area contributed by atoms with Gasteiger partial charge in [-0.05, 0) is 41.7 Å². The number of carbonyl (C=O) groups excluding carboxylic acids is 1. The lowest BCUT2D eigenvalue weighted by Crippen LogP contribution is -2.40. The molecule has 0 radical (unpaired) electrons. The highest BCUT2D eigenvalue weighted by Gasteiger charge is 2.28. The minimum Gasteiger partial charge on any atom is -0.497 e. The maximum absolute atomic E-state index is 14.2. The summed E-state index contributed by atoms with van der Waals surface area (Å²) >= 11 is 0. The van der Waals surface area contributed by atoms with Gasteiger partial charge >= 0.3 is 6.03 Å². The average Bonchev–Trinajstić information content (AvgIpc) is 2.98. The van der Waals surface area contributed by atoms with Crippen LogP contribution in [0.4, 0.5) is 10.5 Å². The number of amides is 2. The number of rotatable bonds is 12. The van der Waals surface area contributed by atoms with Crippen LogP contribution in [0.2, 0.25) is 0 Å². The number of urea groups is 1. The Morgan fingerprint density at radius 1 is 0.821 bits per heavy atom. The van der Waals surface area contributed by atoms with Crippen molar-refractivity contribution in [3.8, 4) is 5.75 Å². The molecule has 0 heterocycles. The lowest BCUT2D eigenvalue weighted by molar-refractivity contribution is 0.203. The van der Waals surface area contributed by atoms with Gasteiger partial charge in [0, 0.05) is 18.3 Å². The first-order valence-corrected chi connectivity index (χ1v) is 13.7. The van der Waals surface area contributed by atoms with Crippen molar-refractivity contribution >= 4 is 17.8 Å². The summed E-state index contributed by atoms with van der Waals surface area (Å²) in [7, 11) is 1.63. The van der Waals surface area contributed by atoms with E-state index in [1.165, 1.54) is 5.57 Å². The minimum atomic E-state index is -0.261. The molecule has 4 rings (SSSR count). The molecule has 0 saturated carbocycles. The molecule has 2 amide bonds. The van der Waals surface area contributed by atoms with Crippen LogP contribution in [-0.2, 0) is 0 Å². The summed E-state index contributed by atoms with van der Waals surface area (Å²) in [6.07, 6.45) is 6.57. The number of unbranched alkanes of at least 4 members (excludes halogenated alkanes) is 2. The molecule has 0 spiro atoms. The van der Waals surface area contributed by atoms with Crippen LogP contribution in [0.3, 0.4) is 0 Å². The van der Waals surface area contributed by atoms with Crippen molar-refractivity contribution < 1.29 is 9.53 Å². The highest BCUT2D eigenvalue weighted by Crippen LogP contribution is 2.31. The van der Waals surface area contributed by atoms with Crippen LogP contribution < -0.4 is 10.1 Å². The van der Waals surface area contributed by atoms with Crippen LogP contribution >= 0.6 is 0 Å². The van der Waals surface area contributed by atoms with Gasteiger partial charge in [-0.25, -0.2) is 4.79 Å². The van der Waals surface area contributed by atoms with E-state index in [0.717, 1.165) is 42.4 Å². The highest BCUT2D eigenvalue weighted by atomic mass is 16.5. The Bertz CT molecular complexity index is 1280. The van der Waals surface area contributed by atoms with Crippen LogP contribution in [-0.4, -0.2) is 24.6 Å². The van der Waals surface area contributed by atoms with E-state index in [4.69, 9.17) is 4.74 Å². The van der Waals surface area contributed by atoms with E-state index in [1.54, 1.807) is 7.11 Å². The van der Waals surface area contributed by atoms with Crippen LogP contribution in [0, 0.1) is 0 Å². The number of hydrogen-bond donors (Lipinski definition) is 1. The Balaban J connectivity index is 1.77. The van der Waals surface area contributed by atoms with Crippen molar-refractivity contribution in [2.75, 3.05) is 19.0 Å². The van der Waals surface area contributed by atoms with Crippen LogP contribution in [0.25, 0.3) is 6.08 Å². The number of methoxy groups -OCH3 is 1.